The zero-order valence-electron chi connectivity index (χ0n) is 8.80. The van der Waals surface area contributed by atoms with Gasteiger partial charge in [0.15, 0.2) is 5.82 Å². The van der Waals surface area contributed by atoms with E-state index in [0.29, 0.717) is 12.4 Å². The van der Waals surface area contributed by atoms with E-state index in [1.165, 1.54) is 17.7 Å². The molecule has 0 bridgehead atoms. The fraction of sp³-hybridized carbons (Fsp3) is 0.200. The molecule has 17 heavy (non-hydrogen) atoms. The third kappa shape index (κ3) is 2.85. The van der Waals surface area contributed by atoms with Crippen LogP contribution < -0.4 is 11.1 Å². The van der Waals surface area contributed by atoms with E-state index in [2.05, 4.69) is 15.3 Å². The molecule has 0 saturated heterocycles. The molecule has 2 aromatic rings. The average molecular weight is 271 g/mol. The number of halogens is 1. The Morgan fingerprint density at radius 2 is 2.35 bits per heavy atom. The summed E-state index contributed by atoms with van der Waals surface area (Å²) >= 11 is 7.45. The molecule has 0 aromatic carbocycles. The van der Waals surface area contributed by atoms with Gasteiger partial charge in [-0.05, 0) is 22.4 Å². The highest BCUT2D eigenvalue weighted by atomic mass is 35.5. The van der Waals surface area contributed by atoms with E-state index in [-0.39, 0.29) is 10.8 Å². The lowest BCUT2D eigenvalue weighted by Gasteiger charge is -2.12. The second-order valence-electron chi connectivity index (χ2n) is 3.37. The van der Waals surface area contributed by atoms with Gasteiger partial charge in [0.25, 0.3) is 0 Å². The number of rotatable bonds is 4. The molecule has 0 fully saturated rings. The Bertz CT molecular complexity index is 491. The van der Waals surface area contributed by atoms with Gasteiger partial charge in [0.2, 0.25) is 0 Å². The number of hydrogen-bond acceptors (Lipinski definition) is 6. The quantitative estimate of drug-likeness (QED) is 0.790. The maximum Gasteiger partial charge on any atom is 0.150 e. The van der Waals surface area contributed by atoms with Crippen LogP contribution in [0.1, 0.15) is 11.7 Å². The lowest BCUT2D eigenvalue weighted by molar-refractivity contribution is 0.192. The second kappa shape index (κ2) is 5.31. The van der Waals surface area contributed by atoms with E-state index in [9.17, 15) is 5.11 Å². The monoisotopic (exact) mass is 270 g/mol. The first-order chi connectivity index (χ1) is 8.18. The Labute approximate surface area is 107 Å². The summed E-state index contributed by atoms with van der Waals surface area (Å²) in [4.78, 5) is 7.70. The lowest BCUT2D eigenvalue weighted by Crippen LogP contribution is -2.13. The number of nitrogen functional groups attached to an aromatic ring is 1. The highest BCUT2D eigenvalue weighted by Crippen LogP contribution is 2.24. The zero-order valence-corrected chi connectivity index (χ0v) is 10.4. The average Bonchev–Trinajstić information content (AvgIpc) is 2.84. The zero-order chi connectivity index (χ0) is 12.3. The summed E-state index contributed by atoms with van der Waals surface area (Å²) in [6.07, 6.45) is 0.717. The van der Waals surface area contributed by atoms with Crippen LogP contribution in [-0.2, 0) is 0 Å². The van der Waals surface area contributed by atoms with E-state index < -0.39 is 6.10 Å². The van der Waals surface area contributed by atoms with Crippen LogP contribution >= 0.6 is 22.9 Å². The van der Waals surface area contributed by atoms with Crippen molar-refractivity contribution in [3.63, 3.8) is 0 Å². The van der Waals surface area contributed by atoms with Gasteiger partial charge in [0, 0.05) is 6.54 Å². The largest absolute Gasteiger partial charge is 0.387 e. The van der Waals surface area contributed by atoms with Crippen molar-refractivity contribution in [2.75, 3.05) is 17.6 Å². The summed E-state index contributed by atoms with van der Waals surface area (Å²) in [5, 5.41) is 16.9. The van der Waals surface area contributed by atoms with Gasteiger partial charge in [0.05, 0.1) is 6.10 Å². The molecule has 0 saturated carbocycles. The Morgan fingerprint density at radius 3 is 3.06 bits per heavy atom. The van der Waals surface area contributed by atoms with Crippen molar-refractivity contribution >= 4 is 34.6 Å². The Morgan fingerprint density at radius 1 is 1.53 bits per heavy atom. The number of anilines is 2. The lowest BCUT2D eigenvalue weighted by atomic mass is 10.2. The van der Waals surface area contributed by atoms with Crippen molar-refractivity contribution in [1.29, 1.82) is 0 Å². The van der Waals surface area contributed by atoms with Crippen molar-refractivity contribution in [3.05, 3.63) is 33.7 Å². The third-order valence-corrected chi connectivity index (χ3v) is 3.28. The van der Waals surface area contributed by atoms with Gasteiger partial charge in [-0.2, -0.15) is 11.3 Å². The van der Waals surface area contributed by atoms with Gasteiger partial charge in [-0.3, -0.25) is 0 Å². The minimum Gasteiger partial charge on any atom is -0.387 e. The third-order valence-electron chi connectivity index (χ3n) is 2.21. The maximum atomic E-state index is 9.86. The summed E-state index contributed by atoms with van der Waals surface area (Å²) in [5.74, 6) is 0.641. The predicted molar refractivity (Wildman–Crippen MR) is 69.2 cm³/mol. The minimum atomic E-state index is -0.603. The van der Waals surface area contributed by atoms with E-state index in [1.807, 2.05) is 16.8 Å². The van der Waals surface area contributed by atoms with Crippen molar-refractivity contribution in [2.45, 2.75) is 6.10 Å². The van der Waals surface area contributed by atoms with E-state index in [0.717, 1.165) is 5.56 Å². The van der Waals surface area contributed by atoms with Gasteiger partial charge in [-0.25, -0.2) is 9.97 Å². The number of aromatic nitrogens is 2. The number of nitrogens with one attached hydrogen (secondary N) is 1. The molecule has 4 N–H and O–H groups in total. The SMILES string of the molecule is Nc1ncnc(NCC(O)c2ccsc2)c1Cl. The first-order valence-electron chi connectivity index (χ1n) is 4.88. The molecule has 5 nitrogen and oxygen atoms in total. The Hall–Kier alpha value is -1.37. The molecule has 2 aromatic heterocycles. The highest BCUT2D eigenvalue weighted by molar-refractivity contribution is 7.07. The van der Waals surface area contributed by atoms with Gasteiger partial charge < -0.3 is 16.2 Å². The molecule has 0 radical (unpaired) electrons. The van der Waals surface area contributed by atoms with Crippen LogP contribution in [0.4, 0.5) is 11.6 Å². The standard InChI is InChI=1S/C10H11ClN4OS/c11-8-9(12)14-5-15-10(8)13-3-7(16)6-1-2-17-4-6/h1-2,4-5,7,16H,3H2,(H3,12,13,14,15). The first-order valence-corrected chi connectivity index (χ1v) is 6.20. The molecule has 2 rings (SSSR count). The van der Waals surface area contributed by atoms with Gasteiger partial charge in [0.1, 0.15) is 17.2 Å². The first kappa shape index (κ1) is 12.1. The summed E-state index contributed by atoms with van der Waals surface area (Å²) in [6, 6.07) is 1.87. The molecule has 1 atom stereocenters. The number of nitrogens with two attached hydrogens (primary N) is 1. The van der Waals surface area contributed by atoms with Crippen LogP contribution in [0.2, 0.25) is 5.02 Å². The van der Waals surface area contributed by atoms with Crippen LogP contribution in [0.15, 0.2) is 23.2 Å². The van der Waals surface area contributed by atoms with Crippen LogP contribution in [0.3, 0.4) is 0 Å². The predicted octanol–water partition coefficient (Wildman–Crippen LogP) is 1.92. The molecule has 90 valence electrons. The number of aliphatic hydroxyl groups is 1. The number of thiophene rings is 1. The summed E-state index contributed by atoms with van der Waals surface area (Å²) < 4.78 is 0. The molecule has 0 spiro atoms. The number of aliphatic hydroxyl groups excluding tert-OH is 1. The molecular weight excluding hydrogens is 260 g/mol. The molecule has 2 heterocycles. The fourth-order valence-corrected chi connectivity index (χ4v) is 2.15. The molecule has 0 aliphatic heterocycles. The van der Waals surface area contributed by atoms with Gasteiger partial charge in [-0.1, -0.05) is 11.6 Å². The number of hydrogen-bond donors (Lipinski definition) is 3. The van der Waals surface area contributed by atoms with Crippen LogP contribution in [0, 0.1) is 0 Å². The van der Waals surface area contributed by atoms with Crippen LogP contribution in [-0.4, -0.2) is 21.6 Å². The number of nitrogens with zero attached hydrogens (tertiary/aromatic N) is 2. The van der Waals surface area contributed by atoms with Gasteiger partial charge in [-0.15, -0.1) is 0 Å². The van der Waals surface area contributed by atoms with Gasteiger partial charge >= 0.3 is 0 Å². The smallest absolute Gasteiger partial charge is 0.150 e. The van der Waals surface area contributed by atoms with Crippen LogP contribution in [0.25, 0.3) is 0 Å². The second-order valence-corrected chi connectivity index (χ2v) is 4.53. The normalized spacial score (nSPS) is 12.4. The van der Waals surface area contributed by atoms with Crippen molar-refractivity contribution in [1.82, 2.24) is 9.97 Å². The van der Waals surface area contributed by atoms with Crippen LogP contribution in [0.5, 0.6) is 0 Å². The Balaban J connectivity index is 2.00. The van der Waals surface area contributed by atoms with E-state index in [4.69, 9.17) is 17.3 Å². The topological polar surface area (TPSA) is 84.1 Å². The Kier molecular flexibility index (Phi) is 3.78. The summed E-state index contributed by atoms with van der Waals surface area (Å²) in [5.41, 5.74) is 6.40. The molecule has 0 aliphatic carbocycles. The summed E-state index contributed by atoms with van der Waals surface area (Å²) in [6.45, 7) is 0.312. The van der Waals surface area contributed by atoms with Crippen molar-refractivity contribution < 1.29 is 5.11 Å². The summed E-state index contributed by atoms with van der Waals surface area (Å²) in [7, 11) is 0. The molecule has 0 aliphatic rings. The highest BCUT2D eigenvalue weighted by Gasteiger charge is 2.10. The minimum absolute atomic E-state index is 0.217. The van der Waals surface area contributed by atoms with Crippen molar-refractivity contribution in [2.24, 2.45) is 0 Å². The van der Waals surface area contributed by atoms with E-state index >= 15 is 0 Å². The van der Waals surface area contributed by atoms with E-state index in [1.54, 1.807) is 0 Å². The van der Waals surface area contributed by atoms with Crippen molar-refractivity contribution in [3.8, 4) is 0 Å². The maximum absolute atomic E-state index is 9.86. The molecule has 7 heteroatoms. The molecular formula is C10H11ClN4OS. The fourth-order valence-electron chi connectivity index (χ4n) is 1.28. The molecule has 0 amide bonds. The molecule has 1 unspecified atom stereocenters.